The highest BCUT2D eigenvalue weighted by Crippen LogP contribution is 2.29. The van der Waals surface area contributed by atoms with Crippen LogP contribution in [0.1, 0.15) is 75.3 Å². The first-order valence-corrected chi connectivity index (χ1v) is 15.0. The van der Waals surface area contributed by atoms with Gasteiger partial charge in [0, 0.05) is 51.1 Å². The van der Waals surface area contributed by atoms with Crippen molar-refractivity contribution in [3.8, 4) is 0 Å². The number of tetrazole rings is 1. The Labute approximate surface area is 233 Å². The van der Waals surface area contributed by atoms with Crippen LogP contribution in [0, 0.1) is 0 Å². The van der Waals surface area contributed by atoms with E-state index in [0.29, 0.717) is 32.7 Å². The predicted molar refractivity (Wildman–Crippen MR) is 148 cm³/mol. The second-order valence-electron chi connectivity index (χ2n) is 10.1. The van der Waals surface area contributed by atoms with Gasteiger partial charge in [-0.25, -0.2) is 4.68 Å². The van der Waals surface area contributed by atoms with Gasteiger partial charge in [-0.1, -0.05) is 46.3 Å². The molecule has 2 aliphatic heterocycles. The molecular weight excluding hydrogens is 550 g/mol. The molecule has 10 nitrogen and oxygen atoms in total. The zero-order valence-electron chi connectivity index (χ0n) is 22.3. The van der Waals surface area contributed by atoms with Crippen LogP contribution in [0.25, 0.3) is 0 Å². The Morgan fingerprint density at radius 3 is 2.63 bits per heavy atom. The molecule has 0 radical (unpaired) electrons. The SMILES string of the molecule is C[C@@H](c1ccccc1)n1nnnc1[C@H](CCCNC(=O)CCCCBr)N1CCN(C(=O)C2CCCO2)CC1. The molecular formula is C27H40BrN7O3. The number of carbonyl (C=O) groups is 2. The van der Waals surface area contributed by atoms with Crippen molar-refractivity contribution in [2.75, 3.05) is 44.7 Å². The highest BCUT2D eigenvalue weighted by atomic mass is 79.9. The first kappa shape index (κ1) is 28.6. The highest BCUT2D eigenvalue weighted by Gasteiger charge is 2.34. The summed E-state index contributed by atoms with van der Waals surface area (Å²) in [5.41, 5.74) is 1.14. The van der Waals surface area contributed by atoms with Crippen molar-refractivity contribution in [1.29, 1.82) is 0 Å². The number of ether oxygens (including phenoxy) is 1. The summed E-state index contributed by atoms with van der Waals surface area (Å²) in [6.45, 7) is 6.22. The lowest BCUT2D eigenvalue weighted by molar-refractivity contribution is -0.143. The third kappa shape index (κ3) is 7.60. The molecule has 1 aromatic carbocycles. The molecule has 3 atom stereocenters. The molecule has 4 rings (SSSR count). The lowest BCUT2D eigenvalue weighted by Crippen LogP contribution is -2.52. The van der Waals surface area contributed by atoms with E-state index in [4.69, 9.17) is 4.74 Å². The fourth-order valence-electron chi connectivity index (χ4n) is 5.27. The van der Waals surface area contributed by atoms with Gasteiger partial charge in [-0.05, 0) is 61.4 Å². The molecule has 38 heavy (non-hydrogen) atoms. The number of hydrogen-bond acceptors (Lipinski definition) is 7. The van der Waals surface area contributed by atoms with E-state index in [1.807, 2.05) is 27.8 Å². The molecule has 3 heterocycles. The Kier molecular flexibility index (Phi) is 11.1. The van der Waals surface area contributed by atoms with Gasteiger partial charge in [0.15, 0.2) is 5.82 Å². The number of nitrogens with zero attached hydrogens (tertiary/aromatic N) is 6. The van der Waals surface area contributed by atoms with Gasteiger partial charge in [0.05, 0.1) is 12.1 Å². The summed E-state index contributed by atoms with van der Waals surface area (Å²) in [5, 5.41) is 16.9. The summed E-state index contributed by atoms with van der Waals surface area (Å²) in [5.74, 6) is 1.04. The van der Waals surface area contributed by atoms with Gasteiger partial charge in [-0.2, -0.15) is 0 Å². The van der Waals surface area contributed by atoms with E-state index in [-0.39, 0.29) is 30.0 Å². The Hall–Kier alpha value is -2.37. The molecule has 2 fully saturated rings. The number of hydrogen-bond donors (Lipinski definition) is 1. The van der Waals surface area contributed by atoms with E-state index in [1.165, 1.54) is 0 Å². The number of carbonyl (C=O) groups excluding carboxylic acids is 2. The number of unbranched alkanes of at least 4 members (excludes halogenated alkanes) is 1. The van der Waals surface area contributed by atoms with Gasteiger partial charge >= 0.3 is 0 Å². The van der Waals surface area contributed by atoms with Crippen molar-refractivity contribution in [3.63, 3.8) is 0 Å². The Bertz CT molecular complexity index is 1010. The van der Waals surface area contributed by atoms with Gasteiger partial charge in [-0.3, -0.25) is 14.5 Å². The molecule has 2 saturated heterocycles. The minimum Gasteiger partial charge on any atom is -0.368 e. The molecule has 208 valence electrons. The predicted octanol–water partition coefficient (Wildman–Crippen LogP) is 3.11. The van der Waals surface area contributed by atoms with Crippen LogP contribution in [0.5, 0.6) is 0 Å². The molecule has 1 N–H and O–H groups in total. The van der Waals surface area contributed by atoms with Crippen LogP contribution in [-0.4, -0.2) is 92.6 Å². The molecule has 2 aromatic rings. The van der Waals surface area contributed by atoms with Crippen molar-refractivity contribution in [2.24, 2.45) is 0 Å². The van der Waals surface area contributed by atoms with Crippen molar-refractivity contribution >= 4 is 27.7 Å². The number of halogens is 1. The molecule has 1 unspecified atom stereocenters. The van der Waals surface area contributed by atoms with Crippen LogP contribution in [0.15, 0.2) is 30.3 Å². The number of rotatable bonds is 13. The zero-order valence-corrected chi connectivity index (χ0v) is 23.9. The lowest BCUT2D eigenvalue weighted by atomic mass is 10.0. The normalized spacial score (nSPS) is 19.8. The third-order valence-electron chi connectivity index (χ3n) is 7.50. The summed E-state index contributed by atoms with van der Waals surface area (Å²) in [7, 11) is 0. The van der Waals surface area contributed by atoms with Crippen LogP contribution in [0.4, 0.5) is 0 Å². The Balaban J connectivity index is 1.42. The van der Waals surface area contributed by atoms with Crippen molar-refractivity contribution in [1.82, 2.24) is 35.3 Å². The molecule has 0 aliphatic carbocycles. The quantitative estimate of drug-likeness (QED) is 0.282. The number of nitrogens with one attached hydrogen (secondary N) is 1. The number of benzene rings is 1. The topological polar surface area (TPSA) is 105 Å². The van der Waals surface area contributed by atoms with Crippen LogP contribution >= 0.6 is 15.9 Å². The van der Waals surface area contributed by atoms with E-state index in [1.54, 1.807) is 0 Å². The average molecular weight is 591 g/mol. The van der Waals surface area contributed by atoms with Crippen LogP contribution < -0.4 is 5.32 Å². The fraction of sp³-hybridized carbons (Fsp3) is 0.667. The second kappa shape index (κ2) is 14.7. The number of piperazine rings is 1. The Morgan fingerprint density at radius 1 is 1.13 bits per heavy atom. The smallest absolute Gasteiger partial charge is 0.251 e. The maximum Gasteiger partial charge on any atom is 0.251 e. The summed E-state index contributed by atoms with van der Waals surface area (Å²) in [6, 6.07) is 10.2. The molecule has 0 saturated carbocycles. The molecule has 0 spiro atoms. The number of aromatic nitrogens is 4. The summed E-state index contributed by atoms with van der Waals surface area (Å²) in [6.07, 6.45) is 5.56. The minimum absolute atomic E-state index is 0.0126. The molecule has 1 aromatic heterocycles. The van der Waals surface area contributed by atoms with Crippen molar-refractivity contribution < 1.29 is 14.3 Å². The lowest BCUT2D eigenvalue weighted by Gasteiger charge is -2.39. The Morgan fingerprint density at radius 2 is 1.92 bits per heavy atom. The average Bonchev–Trinajstić information content (AvgIpc) is 3.66. The van der Waals surface area contributed by atoms with Crippen LogP contribution in [-0.2, 0) is 14.3 Å². The third-order valence-corrected chi connectivity index (χ3v) is 8.06. The first-order chi connectivity index (χ1) is 18.6. The summed E-state index contributed by atoms with van der Waals surface area (Å²) >= 11 is 3.41. The number of alkyl halides is 1. The molecule has 11 heteroatoms. The summed E-state index contributed by atoms with van der Waals surface area (Å²) < 4.78 is 7.55. The first-order valence-electron chi connectivity index (χ1n) is 13.9. The standard InChI is InChI=1S/C27H40BrN7O3/c1-21(22-9-3-2-4-10-22)35-26(30-31-32-35)23(11-7-15-29-25(36)13-5-6-14-28)33-16-18-34(19-17-33)27(37)24-12-8-20-38-24/h2-4,9-10,21,23-24H,5-8,11-20H2,1H3,(H,29,36)/t21-,23-,24?/m0/s1. The largest absolute Gasteiger partial charge is 0.368 e. The van der Waals surface area contributed by atoms with E-state index in [9.17, 15) is 9.59 Å². The highest BCUT2D eigenvalue weighted by molar-refractivity contribution is 9.09. The molecule has 0 bridgehead atoms. The van der Waals surface area contributed by atoms with Crippen LogP contribution in [0.3, 0.4) is 0 Å². The monoisotopic (exact) mass is 589 g/mol. The van der Waals surface area contributed by atoms with Gasteiger partial charge in [0.2, 0.25) is 5.91 Å². The van der Waals surface area contributed by atoms with Crippen molar-refractivity contribution in [3.05, 3.63) is 41.7 Å². The fourth-order valence-corrected chi connectivity index (χ4v) is 5.66. The van der Waals surface area contributed by atoms with E-state index >= 15 is 0 Å². The van der Waals surface area contributed by atoms with Gasteiger partial charge in [0.25, 0.3) is 5.91 Å². The molecule has 2 aliphatic rings. The summed E-state index contributed by atoms with van der Waals surface area (Å²) in [4.78, 5) is 29.4. The van der Waals surface area contributed by atoms with E-state index in [0.717, 1.165) is 68.3 Å². The van der Waals surface area contributed by atoms with Crippen molar-refractivity contribution in [2.45, 2.75) is 70.1 Å². The van der Waals surface area contributed by atoms with Gasteiger partial charge < -0.3 is 15.0 Å². The number of amides is 2. The maximum atomic E-state index is 12.9. The maximum absolute atomic E-state index is 12.9. The van der Waals surface area contributed by atoms with Crippen LogP contribution in [0.2, 0.25) is 0 Å². The van der Waals surface area contributed by atoms with Gasteiger partial charge in [-0.15, -0.1) is 5.10 Å². The molecule has 2 amide bonds. The van der Waals surface area contributed by atoms with E-state index in [2.05, 4.69) is 60.7 Å². The zero-order chi connectivity index (χ0) is 26.7. The second-order valence-corrected chi connectivity index (χ2v) is 10.9. The van der Waals surface area contributed by atoms with E-state index < -0.39 is 0 Å². The minimum atomic E-state index is -0.283. The van der Waals surface area contributed by atoms with Gasteiger partial charge in [0.1, 0.15) is 6.10 Å².